The minimum absolute atomic E-state index is 0.545. The van der Waals surface area contributed by atoms with Crippen LogP contribution in [0.5, 0.6) is 0 Å². The Labute approximate surface area is 63.0 Å². The number of hydrogen-bond acceptors (Lipinski definition) is 2. The normalized spacial score (nSPS) is 9.75. The molecular formula is C5H9IN2. The summed E-state index contributed by atoms with van der Waals surface area (Å²) in [5.74, 6) is 0. The Morgan fingerprint density at radius 3 is 2.88 bits per heavy atom. The third-order valence-electron chi connectivity index (χ3n) is 0.552. The minimum atomic E-state index is 0.545. The topological polar surface area (TPSA) is 35.9 Å². The zero-order valence-electron chi connectivity index (χ0n) is 4.74. The van der Waals surface area contributed by atoms with Crippen molar-refractivity contribution in [2.24, 2.45) is 0 Å². The molecule has 8 heavy (non-hydrogen) atoms. The summed E-state index contributed by atoms with van der Waals surface area (Å²) in [6.07, 6.45) is 3.48. The first kappa shape index (κ1) is 7.94. The fourth-order valence-corrected chi connectivity index (χ4v) is 0.430. The summed E-state index contributed by atoms with van der Waals surface area (Å²) in [5, 5.41) is 9.89. The van der Waals surface area contributed by atoms with Crippen LogP contribution in [0.2, 0.25) is 0 Å². The van der Waals surface area contributed by atoms with Gasteiger partial charge in [0, 0.05) is 6.54 Å². The maximum atomic E-state index is 6.93. The van der Waals surface area contributed by atoms with Crippen LogP contribution >= 0.6 is 22.6 Å². The lowest BCUT2D eigenvalue weighted by Gasteiger charge is -1.87. The van der Waals surface area contributed by atoms with Crippen molar-refractivity contribution in [1.29, 1.82) is 5.41 Å². The molecule has 0 spiro atoms. The molecule has 0 unspecified atom stereocenters. The van der Waals surface area contributed by atoms with Gasteiger partial charge in [-0.25, -0.2) is 0 Å². The smallest absolute Gasteiger partial charge is 0.0934 e. The Hall–Kier alpha value is -0.0600. The van der Waals surface area contributed by atoms with Crippen molar-refractivity contribution in [2.75, 3.05) is 6.54 Å². The highest BCUT2D eigenvalue weighted by Gasteiger charge is 1.74. The molecule has 0 rings (SSSR count). The first-order valence-corrected chi connectivity index (χ1v) is 3.49. The van der Waals surface area contributed by atoms with Crippen LogP contribution in [-0.2, 0) is 0 Å². The first-order chi connectivity index (χ1) is 3.77. The predicted octanol–water partition coefficient (Wildman–Crippen LogP) is 1.52. The van der Waals surface area contributed by atoms with Crippen molar-refractivity contribution in [3.05, 3.63) is 12.3 Å². The zero-order valence-corrected chi connectivity index (χ0v) is 6.90. The number of hydrogen-bond donors (Lipinski definition) is 2. The second-order valence-corrected chi connectivity index (χ2v) is 2.40. The van der Waals surface area contributed by atoms with Gasteiger partial charge in [-0.2, -0.15) is 0 Å². The number of rotatable bonds is 3. The molecule has 3 heteroatoms. The van der Waals surface area contributed by atoms with E-state index in [1.54, 1.807) is 12.3 Å². The van der Waals surface area contributed by atoms with Crippen LogP contribution in [0.15, 0.2) is 12.3 Å². The van der Waals surface area contributed by atoms with E-state index in [4.69, 9.17) is 5.41 Å². The van der Waals surface area contributed by atoms with Crippen LogP contribution in [0.3, 0.4) is 0 Å². The van der Waals surface area contributed by atoms with E-state index < -0.39 is 0 Å². The maximum Gasteiger partial charge on any atom is 0.0934 e. The molecular weight excluding hydrogens is 215 g/mol. The third-order valence-corrected chi connectivity index (χ3v) is 0.911. The van der Waals surface area contributed by atoms with Gasteiger partial charge in [-0.3, -0.25) is 5.41 Å². The van der Waals surface area contributed by atoms with E-state index in [0.717, 1.165) is 6.54 Å². The van der Waals surface area contributed by atoms with Crippen LogP contribution in [-0.4, -0.2) is 10.3 Å². The van der Waals surface area contributed by atoms with E-state index in [1.807, 2.05) is 29.5 Å². The summed E-state index contributed by atoms with van der Waals surface area (Å²) in [6.45, 7) is 2.93. The van der Waals surface area contributed by atoms with E-state index in [2.05, 4.69) is 5.32 Å². The van der Waals surface area contributed by atoms with Gasteiger partial charge in [0.2, 0.25) is 0 Å². The van der Waals surface area contributed by atoms with Gasteiger partial charge < -0.3 is 5.32 Å². The van der Waals surface area contributed by atoms with Gasteiger partial charge >= 0.3 is 0 Å². The summed E-state index contributed by atoms with van der Waals surface area (Å²) < 4.78 is 0.545. The number of halogens is 1. The van der Waals surface area contributed by atoms with Crippen molar-refractivity contribution in [1.82, 2.24) is 5.32 Å². The minimum Gasteiger partial charge on any atom is -0.391 e. The Kier molecular flexibility index (Phi) is 5.05. The summed E-state index contributed by atoms with van der Waals surface area (Å²) in [4.78, 5) is 0. The summed E-state index contributed by atoms with van der Waals surface area (Å²) in [7, 11) is 0. The predicted molar refractivity (Wildman–Crippen MR) is 44.6 cm³/mol. The molecule has 0 aromatic heterocycles. The van der Waals surface area contributed by atoms with Gasteiger partial charge in [0.15, 0.2) is 0 Å². The van der Waals surface area contributed by atoms with Crippen molar-refractivity contribution in [3.8, 4) is 0 Å². The van der Waals surface area contributed by atoms with Crippen LogP contribution < -0.4 is 5.32 Å². The molecule has 0 saturated heterocycles. The molecule has 2 nitrogen and oxygen atoms in total. The molecule has 2 N–H and O–H groups in total. The largest absolute Gasteiger partial charge is 0.391 e. The lowest BCUT2D eigenvalue weighted by Crippen LogP contribution is -2.01. The Morgan fingerprint density at radius 2 is 2.50 bits per heavy atom. The molecule has 0 aliphatic heterocycles. The first-order valence-electron chi connectivity index (χ1n) is 2.41. The molecule has 0 atom stereocenters. The van der Waals surface area contributed by atoms with Crippen LogP contribution in [0.4, 0.5) is 0 Å². The molecule has 0 aromatic rings. The second-order valence-electron chi connectivity index (χ2n) is 1.24. The molecule has 0 fully saturated rings. The molecule has 0 radical (unpaired) electrons. The lowest BCUT2D eigenvalue weighted by molar-refractivity contribution is 0.921. The van der Waals surface area contributed by atoms with E-state index in [-0.39, 0.29) is 0 Å². The van der Waals surface area contributed by atoms with Gasteiger partial charge in [0.05, 0.1) is 3.72 Å². The Morgan fingerprint density at radius 1 is 1.88 bits per heavy atom. The van der Waals surface area contributed by atoms with Crippen LogP contribution in [0.1, 0.15) is 6.92 Å². The standard InChI is InChI=1S/C5H9IN2/c1-2-8-4-3-5(6)7/h3-4,7-8H,2H2,1H3/b4-3-,7-5?. The molecule has 0 aliphatic carbocycles. The van der Waals surface area contributed by atoms with E-state index >= 15 is 0 Å². The van der Waals surface area contributed by atoms with Gasteiger partial charge in [-0.1, -0.05) is 0 Å². The fourth-order valence-electron chi connectivity index (χ4n) is 0.250. The highest BCUT2D eigenvalue weighted by Crippen LogP contribution is 1.85. The van der Waals surface area contributed by atoms with E-state index in [9.17, 15) is 0 Å². The molecule has 0 amide bonds. The van der Waals surface area contributed by atoms with Crippen LogP contribution in [0.25, 0.3) is 0 Å². The third kappa shape index (κ3) is 5.94. The SMILES string of the molecule is CCN/C=C\C(=N)I. The van der Waals surface area contributed by atoms with Gasteiger partial charge in [-0.05, 0) is 41.8 Å². The average Bonchev–Trinajstić information content (AvgIpc) is 1.66. The highest BCUT2D eigenvalue weighted by molar-refractivity contribution is 14.1. The van der Waals surface area contributed by atoms with Gasteiger partial charge in [-0.15, -0.1) is 0 Å². The number of nitrogens with one attached hydrogen (secondary N) is 2. The van der Waals surface area contributed by atoms with Crippen LogP contribution in [0, 0.1) is 5.41 Å². The van der Waals surface area contributed by atoms with Crippen molar-refractivity contribution >= 4 is 26.3 Å². The Bertz CT molecular complexity index is 98.6. The molecule has 0 saturated carbocycles. The summed E-state index contributed by atoms with van der Waals surface area (Å²) in [5.41, 5.74) is 0. The number of allylic oxidation sites excluding steroid dienone is 1. The summed E-state index contributed by atoms with van der Waals surface area (Å²) in [6, 6.07) is 0. The molecule has 0 heterocycles. The fraction of sp³-hybridized carbons (Fsp3) is 0.400. The second kappa shape index (κ2) is 5.08. The summed E-state index contributed by atoms with van der Waals surface area (Å²) >= 11 is 1.94. The maximum absolute atomic E-state index is 6.93. The zero-order chi connectivity index (χ0) is 6.41. The van der Waals surface area contributed by atoms with E-state index in [0.29, 0.717) is 3.72 Å². The van der Waals surface area contributed by atoms with Gasteiger partial charge in [0.25, 0.3) is 0 Å². The highest BCUT2D eigenvalue weighted by atomic mass is 127. The molecule has 0 bridgehead atoms. The van der Waals surface area contributed by atoms with Crippen molar-refractivity contribution < 1.29 is 0 Å². The molecule has 0 aromatic carbocycles. The van der Waals surface area contributed by atoms with Crippen molar-refractivity contribution in [3.63, 3.8) is 0 Å². The quantitative estimate of drug-likeness (QED) is 0.553. The molecule has 0 aliphatic rings. The molecule has 46 valence electrons. The Balaban J connectivity index is 3.20. The average molecular weight is 224 g/mol. The van der Waals surface area contributed by atoms with Gasteiger partial charge in [0.1, 0.15) is 0 Å². The van der Waals surface area contributed by atoms with E-state index in [1.165, 1.54) is 0 Å². The lowest BCUT2D eigenvalue weighted by atomic mass is 10.6. The van der Waals surface area contributed by atoms with Crippen molar-refractivity contribution in [2.45, 2.75) is 6.92 Å². The monoisotopic (exact) mass is 224 g/mol.